The van der Waals surface area contributed by atoms with Gasteiger partial charge in [-0.05, 0) is 18.6 Å². The second-order valence-electron chi connectivity index (χ2n) is 5.88. The standard InChI is InChI=1S/C16H15NO3S3/c1-17(10-6-7-23(19,20)9-10)16(18)14-8-13-15(22-14)11-4-2-3-5-12(11)21-13/h2-5,8,10H,6-7,9H2,1H3/t10-/m1/s1. The summed E-state index contributed by atoms with van der Waals surface area (Å²) in [5, 5.41) is 1.18. The molecular formula is C16H15NO3S3. The van der Waals surface area contributed by atoms with E-state index in [2.05, 4.69) is 12.1 Å². The van der Waals surface area contributed by atoms with Crippen molar-refractivity contribution in [2.45, 2.75) is 12.5 Å². The first-order chi connectivity index (χ1) is 10.9. The minimum atomic E-state index is -2.99. The molecule has 1 atom stereocenters. The van der Waals surface area contributed by atoms with Crippen LogP contribution in [0.4, 0.5) is 0 Å². The lowest BCUT2D eigenvalue weighted by Crippen LogP contribution is -2.37. The van der Waals surface area contributed by atoms with Gasteiger partial charge in [-0.25, -0.2) is 8.42 Å². The molecule has 1 fully saturated rings. The van der Waals surface area contributed by atoms with Crippen LogP contribution in [-0.2, 0) is 9.84 Å². The Labute approximate surface area is 142 Å². The molecule has 0 saturated carbocycles. The molecule has 23 heavy (non-hydrogen) atoms. The highest BCUT2D eigenvalue weighted by molar-refractivity contribution is 7.91. The second-order valence-corrected chi connectivity index (χ2v) is 10.2. The Bertz CT molecular complexity index is 1020. The van der Waals surface area contributed by atoms with Crippen LogP contribution in [0.15, 0.2) is 30.3 Å². The van der Waals surface area contributed by atoms with E-state index in [0.29, 0.717) is 11.3 Å². The monoisotopic (exact) mass is 365 g/mol. The van der Waals surface area contributed by atoms with Crippen LogP contribution >= 0.6 is 22.7 Å². The van der Waals surface area contributed by atoms with Gasteiger partial charge in [-0.15, -0.1) is 22.7 Å². The number of sulfone groups is 1. The Morgan fingerprint density at radius 1 is 1.22 bits per heavy atom. The lowest BCUT2D eigenvalue weighted by Gasteiger charge is -2.22. The van der Waals surface area contributed by atoms with Gasteiger partial charge in [0.2, 0.25) is 0 Å². The zero-order valence-electron chi connectivity index (χ0n) is 12.5. The fraction of sp³-hybridized carbons (Fsp3) is 0.312. The molecule has 120 valence electrons. The Morgan fingerprint density at radius 3 is 2.74 bits per heavy atom. The first kappa shape index (κ1) is 15.1. The third kappa shape index (κ3) is 2.56. The van der Waals surface area contributed by atoms with Crippen molar-refractivity contribution in [3.63, 3.8) is 0 Å². The summed E-state index contributed by atoms with van der Waals surface area (Å²) < 4.78 is 26.7. The maximum atomic E-state index is 12.7. The number of benzene rings is 1. The molecule has 1 amide bonds. The summed E-state index contributed by atoms with van der Waals surface area (Å²) in [5.41, 5.74) is 0. The summed E-state index contributed by atoms with van der Waals surface area (Å²) in [7, 11) is -1.28. The SMILES string of the molecule is CN(C(=O)c1cc2sc3ccccc3c2s1)[C@@H]1CCS(=O)(=O)C1. The third-order valence-corrected chi connectivity index (χ3v) is 8.49. The van der Waals surface area contributed by atoms with Gasteiger partial charge in [0, 0.05) is 27.9 Å². The number of nitrogens with zero attached hydrogens (tertiary/aromatic N) is 1. The van der Waals surface area contributed by atoms with Gasteiger partial charge in [-0.3, -0.25) is 4.79 Å². The molecular weight excluding hydrogens is 350 g/mol. The van der Waals surface area contributed by atoms with Gasteiger partial charge < -0.3 is 4.90 Å². The summed E-state index contributed by atoms with van der Waals surface area (Å²) >= 11 is 3.19. The topological polar surface area (TPSA) is 54.5 Å². The van der Waals surface area contributed by atoms with Gasteiger partial charge >= 0.3 is 0 Å². The van der Waals surface area contributed by atoms with Gasteiger partial charge in [0.05, 0.1) is 21.1 Å². The van der Waals surface area contributed by atoms with E-state index in [-0.39, 0.29) is 23.5 Å². The lowest BCUT2D eigenvalue weighted by molar-refractivity contribution is 0.0752. The van der Waals surface area contributed by atoms with Crippen molar-refractivity contribution in [1.82, 2.24) is 4.90 Å². The molecule has 0 N–H and O–H groups in total. The first-order valence-corrected chi connectivity index (χ1v) is 10.8. The van der Waals surface area contributed by atoms with E-state index in [0.717, 1.165) is 9.40 Å². The van der Waals surface area contributed by atoms with Crippen LogP contribution in [0.25, 0.3) is 19.5 Å². The van der Waals surface area contributed by atoms with Crippen molar-refractivity contribution >= 4 is 57.9 Å². The number of carbonyl (C=O) groups excluding carboxylic acids is 1. The average Bonchev–Trinajstić information content (AvgIpc) is 3.17. The number of carbonyl (C=O) groups is 1. The Hall–Kier alpha value is -1.44. The molecule has 2 aromatic heterocycles. The molecule has 4 nitrogen and oxygen atoms in total. The van der Waals surface area contributed by atoms with E-state index < -0.39 is 9.84 Å². The largest absolute Gasteiger partial charge is 0.337 e. The lowest BCUT2D eigenvalue weighted by atomic mass is 10.2. The number of rotatable bonds is 2. The van der Waals surface area contributed by atoms with Crippen molar-refractivity contribution in [3.8, 4) is 0 Å². The zero-order valence-corrected chi connectivity index (χ0v) is 14.9. The summed E-state index contributed by atoms with van der Waals surface area (Å²) in [6.07, 6.45) is 0.535. The van der Waals surface area contributed by atoms with Crippen LogP contribution in [0.2, 0.25) is 0 Å². The molecule has 0 radical (unpaired) electrons. The van der Waals surface area contributed by atoms with Crippen LogP contribution in [0.3, 0.4) is 0 Å². The number of thiophene rings is 2. The van der Waals surface area contributed by atoms with Crippen LogP contribution < -0.4 is 0 Å². The highest BCUT2D eigenvalue weighted by Crippen LogP contribution is 2.39. The number of fused-ring (bicyclic) bond motifs is 3. The number of hydrogen-bond acceptors (Lipinski definition) is 5. The molecule has 4 rings (SSSR count). The van der Waals surface area contributed by atoms with Gasteiger partial charge in [0.1, 0.15) is 0 Å². The Balaban J connectivity index is 1.67. The maximum Gasteiger partial charge on any atom is 0.264 e. The van der Waals surface area contributed by atoms with Crippen LogP contribution in [-0.4, -0.2) is 43.8 Å². The van der Waals surface area contributed by atoms with Gasteiger partial charge in [0.15, 0.2) is 9.84 Å². The van der Waals surface area contributed by atoms with Gasteiger partial charge in [-0.1, -0.05) is 18.2 Å². The fourth-order valence-electron chi connectivity index (χ4n) is 3.03. The summed E-state index contributed by atoms with van der Waals surface area (Å²) in [5.74, 6) is 0.182. The highest BCUT2D eigenvalue weighted by Gasteiger charge is 2.33. The van der Waals surface area contributed by atoms with E-state index in [4.69, 9.17) is 0 Å². The van der Waals surface area contributed by atoms with Crippen LogP contribution in [0, 0.1) is 0 Å². The van der Waals surface area contributed by atoms with Crippen molar-refractivity contribution in [2.75, 3.05) is 18.6 Å². The van der Waals surface area contributed by atoms with Crippen molar-refractivity contribution in [1.29, 1.82) is 0 Å². The van der Waals surface area contributed by atoms with Gasteiger partial charge in [0.25, 0.3) is 5.91 Å². The minimum absolute atomic E-state index is 0.0791. The van der Waals surface area contributed by atoms with E-state index in [1.54, 1.807) is 23.3 Å². The molecule has 3 heterocycles. The number of amides is 1. The molecule has 1 aromatic carbocycles. The molecule has 3 aromatic rings. The smallest absolute Gasteiger partial charge is 0.264 e. The quantitative estimate of drug-likeness (QED) is 0.700. The van der Waals surface area contributed by atoms with Crippen LogP contribution in [0.5, 0.6) is 0 Å². The molecule has 7 heteroatoms. The van der Waals surface area contributed by atoms with Crippen molar-refractivity contribution < 1.29 is 13.2 Å². The minimum Gasteiger partial charge on any atom is -0.337 e. The first-order valence-electron chi connectivity index (χ1n) is 7.33. The van der Waals surface area contributed by atoms with E-state index in [9.17, 15) is 13.2 Å². The normalized spacial score (nSPS) is 20.3. The predicted molar refractivity (Wildman–Crippen MR) is 96.4 cm³/mol. The Morgan fingerprint density at radius 2 is 2.00 bits per heavy atom. The van der Waals surface area contributed by atoms with Crippen molar-refractivity contribution in [2.24, 2.45) is 0 Å². The van der Waals surface area contributed by atoms with E-state index in [1.807, 2.05) is 18.2 Å². The molecule has 1 aliphatic heterocycles. The second kappa shape index (κ2) is 5.29. The predicted octanol–water partition coefficient (Wildman–Crippen LogP) is 3.38. The summed E-state index contributed by atoms with van der Waals surface area (Å²) in [4.78, 5) is 15.0. The van der Waals surface area contributed by atoms with Crippen molar-refractivity contribution in [3.05, 3.63) is 35.2 Å². The Kier molecular flexibility index (Phi) is 3.48. The molecule has 0 spiro atoms. The third-order valence-electron chi connectivity index (χ3n) is 4.34. The molecule has 1 aliphatic rings. The number of hydrogen-bond donors (Lipinski definition) is 0. The zero-order chi connectivity index (χ0) is 16.2. The molecule has 0 aliphatic carbocycles. The van der Waals surface area contributed by atoms with E-state index >= 15 is 0 Å². The summed E-state index contributed by atoms with van der Waals surface area (Å²) in [6.45, 7) is 0. The van der Waals surface area contributed by atoms with E-state index in [1.165, 1.54) is 21.4 Å². The summed E-state index contributed by atoms with van der Waals surface area (Å²) in [6, 6.07) is 9.92. The molecule has 0 unspecified atom stereocenters. The average molecular weight is 366 g/mol. The maximum absolute atomic E-state index is 12.7. The molecule has 1 saturated heterocycles. The van der Waals surface area contributed by atoms with Crippen LogP contribution in [0.1, 0.15) is 16.1 Å². The molecule has 0 bridgehead atoms. The van der Waals surface area contributed by atoms with Gasteiger partial charge in [-0.2, -0.15) is 0 Å². The fourth-order valence-corrected chi connectivity index (χ4v) is 7.31. The highest BCUT2D eigenvalue weighted by atomic mass is 32.2.